The predicted octanol–water partition coefficient (Wildman–Crippen LogP) is 5.02. The Hall–Kier alpha value is -1.77. The van der Waals surface area contributed by atoms with Crippen LogP contribution in [0.2, 0.25) is 5.02 Å². The second-order valence-electron chi connectivity index (χ2n) is 4.32. The first-order chi connectivity index (χ1) is 9.97. The van der Waals surface area contributed by atoms with Gasteiger partial charge in [-0.1, -0.05) is 23.7 Å². The zero-order chi connectivity index (χ0) is 16.8. The maximum atomic E-state index is 13.5. The Labute approximate surface area is 123 Å². The number of hydrogen-bond donors (Lipinski definition) is 1. The van der Waals surface area contributed by atoms with Crippen molar-refractivity contribution in [1.82, 2.24) is 10.2 Å². The molecule has 1 aromatic carbocycles. The molecule has 1 heterocycles. The summed E-state index contributed by atoms with van der Waals surface area (Å²) in [5.41, 5.74) is -1.64. The van der Waals surface area contributed by atoms with Crippen LogP contribution in [-0.2, 0) is 5.92 Å². The number of aromatic nitrogens is 2. The van der Waals surface area contributed by atoms with Crippen molar-refractivity contribution in [3.63, 3.8) is 0 Å². The highest BCUT2D eigenvalue weighted by molar-refractivity contribution is 6.30. The third-order valence-electron chi connectivity index (χ3n) is 2.81. The molecule has 0 aliphatic heterocycles. The lowest BCUT2D eigenvalue weighted by Crippen LogP contribution is -2.50. The summed E-state index contributed by atoms with van der Waals surface area (Å²) in [5.74, 6) is -11.7. The predicted molar refractivity (Wildman–Crippen MR) is 63.9 cm³/mol. The Balaban J connectivity index is 2.40. The van der Waals surface area contributed by atoms with Gasteiger partial charge in [0.2, 0.25) is 0 Å². The number of aromatic amines is 1. The number of rotatable bonds is 3. The maximum Gasteiger partial charge on any atom is 0.460 e. The van der Waals surface area contributed by atoms with E-state index in [2.05, 4.69) is 5.10 Å². The van der Waals surface area contributed by atoms with Gasteiger partial charge in [0.05, 0.1) is 5.69 Å². The number of nitrogens with one attached hydrogen (secondary N) is 1. The number of halogens is 8. The Bertz CT molecular complexity index is 661. The van der Waals surface area contributed by atoms with Crippen molar-refractivity contribution < 1.29 is 30.7 Å². The van der Waals surface area contributed by atoms with E-state index < -0.39 is 23.7 Å². The Morgan fingerprint density at radius 2 is 1.45 bits per heavy atom. The first-order valence-corrected chi connectivity index (χ1v) is 5.99. The molecule has 2 aromatic rings. The summed E-state index contributed by atoms with van der Waals surface area (Å²) < 4.78 is 89.1. The van der Waals surface area contributed by atoms with Crippen LogP contribution in [0.3, 0.4) is 0 Å². The lowest BCUT2D eigenvalue weighted by Gasteiger charge is -2.26. The molecule has 1 N–H and O–H groups in total. The average Bonchev–Trinajstić information content (AvgIpc) is 2.88. The van der Waals surface area contributed by atoms with Gasteiger partial charge in [-0.3, -0.25) is 5.10 Å². The second-order valence-corrected chi connectivity index (χ2v) is 4.76. The van der Waals surface area contributed by atoms with Crippen LogP contribution in [0.25, 0.3) is 11.3 Å². The van der Waals surface area contributed by atoms with Crippen LogP contribution in [-0.4, -0.2) is 22.3 Å². The summed E-state index contributed by atoms with van der Waals surface area (Å²) >= 11 is 5.61. The van der Waals surface area contributed by atoms with Gasteiger partial charge in [-0.25, -0.2) is 0 Å². The van der Waals surface area contributed by atoms with Crippen molar-refractivity contribution in [2.75, 3.05) is 0 Å². The van der Waals surface area contributed by atoms with E-state index >= 15 is 0 Å². The molecule has 1 aromatic heterocycles. The first-order valence-electron chi connectivity index (χ1n) is 5.61. The molecule has 0 fully saturated rings. The van der Waals surface area contributed by atoms with E-state index in [9.17, 15) is 30.7 Å². The summed E-state index contributed by atoms with van der Waals surface area (Å²) in [6.07, 6.45) is -6.40. The molecule has 10 heteroatoms. The molecule has 0 saturated heterocycles. The van der Waals surface area contributed by atoms with E-state index in [0.29, 0.717) is 11.1 Å². The molecule has 2 rings (SSSR count). The van der Waals surface area contributed by atoms with Gasteiger partial charge in [0.25, 0.3) is 0 Å². The van der Waals surface area contributed by atoms with Gasteiger partial charge in [0, 0.05) is 10.6 Å². The average molecular weight is 347 g/mol. The minimum absolute atomic E-state index is 0.218. The van der Waals surface area contributed by atoms with E-state index in [1.165, 1.54) is 29.4 Å². The molecule has 0 spiro atoms. The highest BCUT2D eigenvalue weighted by Gasteiger charge is 2.74. The van der Waals surface area contributed by atoms with Crippen molar-refractivity contribution in [2.45, 2.75) is 18.0 Å². The number of H-pyrrole nitrogens is 1. The SMILES string of the molecule is FC(F)(F)C(F)(F)C(F)(F)c1cc(-c2ccc(Cl)cc2)n[nH]1. The molecule has 0 aliphatic carbocycles. The third-order valence-corrected chi connectivity index (χ3v) is 3.06. The standard InChI is InChI=1S/C12H6ClF7N2/c13-7-3-1-6(2-4-7)8-5-9(22-21-8)10(14,15)11(16,17)12(18,19)20/h1-5H,(H,21,22). The molecule has 0 radical (unpaired) electrons. The van der Waals surface area contributed by atoms with Crippen molar-refractivity contribution in [1.29, 1.82) is 0 Å². The van der Waals surface area contributed by atoms with Crippen LogP contribution >= 0.6 is 11.6 Å². The quantitative estimate of drug-likeness (QED) is 0.777. The van der Waals surface area contributed by atoms with Crippen LogP contribution in [0.15, 0.2) is 30.3 Å². The fourth-order valence-electron chi connectivity index (χ4n) is 1.60. The highest BCUT2D eigenvalue weighted by atomic mass is 35.5. The van der Waals surface area contributed by atoms with Crippen molar-refractivity contribution in [3.05, 3.63) is 41.0 Å². The largest absolute Gasteiger partial charge is 0.460 e. The smallest absolute Gasteiger partial charge is 0.276 e. The summed E-state index contributed by atoms with van der Waals surface area (Å²) in [5, 5.41) is 5.18. The topological polar surface area (TPSA) is 28.7 Å². The van der Waals surface area contributed by atoms with Gasteiger partial charge in [-0.05, 0) is 18.2 Å². The molecule has 0 amide bonds. The Kier molecular flexibility index (Phi) is 3.88. The van der Waals surface area contributed by atoms with Gasteiger partial charge in [0.15, 0.2) is 0 Å². The second kappa shape index (κ2) is 5.15. The summed E-state index contributed by atoms with van der Waals surface area (Å²) in [6.45, 7) is 0. The van der Waals surface area contributed by atoms with Crippen molar-refractivity contribution >= 4 is 11.6 Å². The van der Waals surface area contributed by atoms with Gasteiger partial charge < -0.3 is 0 Å². The molecule has 0 bridgehead atoms. The zero-order valence-corrected chi connectivity index (χ0v) is 11.1. The van der Waals surface area contributed by atoms with Crippen molar-refractivity contribution in [3.8, 4) is 11.3 Å². The molecule has 0 unspecified atom stereocenters. The fraction of sp³-hybridized carbons (Fsp3) is 0.250. The van der Waals surface area contributed by atoms with E-state index in [-0.39, 0.29) is 11.3 Å². The molecule has 120 valence electrons. The summed E-state index contributed by atoms with van der Waals surface area (Å²) in [6, 6.07) is 5.90. The molecule has 22 heavy (non-hydrogen) atoms. The number of hydrogen-bond acceptors (Lipinski definition) is 1. The Morgan fingerprint density at radius 1 is 0.909 bits per heavy atom. The summed E-state index contributed by atoms with van der Waals surface area (Å²) in [4.78, 5) is 0. The maximum absolute atomic E-state index is 13.5. The van der Waals surface area contributed by atoms with Crippen LogP contribution < -0.4 is 0 Å². The van der Waals surface area contributed by atoms with Crippen LogP contribution in [0, 0.1) is 0 Å². The first kappa shape index (κ1) is 16.6. The van der Waals surface area contributed by atoms with E-state index in [4.69, 9.17) is 11.6 Å². The van der Waals surface area contributed by atoms with Crippen LogP contribution in [0.1, 0.15) is 5.69 Å². The number of benzene rings is 1. The van der Waals surface area contributed by atoms with E-state index in [1.54, 1.807) is 0 Å². The van der Waals surface area contributed by atoms with E-state index in [1.807, 2.05) is 0 Å². The minimum Gasteiger partial charge on any atom is -0.276 e. The van der Waals surface area contributed by atoms with Crippen LogP contribution in [0.4, 0.5) is 30.7 Å². The Morgan fingerprint density at radius 3 is 1.95 bits per heavy atom. The lowest BCUT2D eigenvalue weighted by molar-refractivity contribution is -0.360. The number of alkyl halides is 7. The molecular formula is C12H6ClF7N2. The van der Waals surface area contributed by atoms with Crippen molar-refractivity contribution in [2.24, 2.45) is 0 Å². The number of nitrogens with zero attached hydrogens (tertiary/aromatic N) is 1. The monoisotopic (exact) mass is 346 g/mol. The zero-order valence-electron chi connectivity index (χ0n) is 10.4. The van der Waals surface area contributed by atoms with Gasteiger partial charge >= 0.3 is 18.0 Å². The van der Waals surface area contributed by atoms with Gasteiger partial charge in [0.1, 0.15) is 5.69 Å². The molecule has 2 nitrogen and oxygen atoms in total. The molecule has 0 saturated carbocycles. The molecular weight excluding hydrogens is 341 g/mol. The van der Waals surface area contributed by atoms with Gasteiger partial charge in [-0.2, -0.15) is 35.8 Å². The van der Waals surface area contributed by atoms with Gasteiger partial charge in [-0.15, -0.1) is 0 Å². The van der Waals surface area contributed by atoms with E-state index in [0.717, 1.165) is 0 Å². The molecule has 0 atom stereocenters. The lowest BCUT2D eigenvalue weighted by atomic mass is 10.1. The highest BCUT2D eigenvalue weighted by Crippen LogP contribution is 2.51. The fourth-order valence-corrected chi connectivity index (χ4v) is 1.72. The minimum atomic E-state index is -6.40. The van der Waals surface area contributed by atoms with Crippen LogP contribution in [0.5, 0.6) is 0 Å². The third kappa shape index (κ3) is 2.65. The molecule has 0 aliphatic rings. The normalized spacial score (nSPS) is 13.5. The summed E-state index contributed by atoms with van der Waals surface area (Å²) in [7, 11) is 0.